The Labute approximate surface area is 164 Å². The average Bonchev–Trinajstić information content (AvgIpc) is 2.70. The third-order valence-electron chi connectivity index (χ3n) is 5.53. The van der Waals surface area contributed by atoms with Crippen molar-refractivity contribution in [2.24, 2.45) is 11.7 Å². The minimum atomic E-state index is -0.269. The van der Waals surface area contributed by atoms with E-state index in [1.54, 1.807) is 0 Å². The lowest BCUT2D eigenvalue weighted by Crippen LogP contribution is -2.52. The predicted octanol–water partition coefficient (Wildman–Crippen LogP) is 5.83. The van der Waals surface area contributed by atoms with Crippen LogP contribution in [0.15, 0.2) is 91.0 Å². The van der Waals surface area contributed by atoms with Gasteiger partial charge in [-0.05, 0) is 48.3 Å². The largest absolute Gasteiger partial charge is 0.324 e. The second-order valence-corrected chi connectivity index (χ2v) is 7.73. The first kappa shape index (κ1) is 19.4. The molecule has 0 radical (unpaired) electrons. The molecule has 1 heteroatoms. The molecule has 1 atom stereocenters. The molecule has 0 bridgehead atoms. The van der Waals surface area contributed by atoms with E-state index in [0.717, 1.165) is 32.1 Å². The maximum absolute atomic E-state index is 7.24. The summed E-state index contributed by atoms with van der Waals surface area (Å²) in [7, 11) is 0. The zero-order valence-electron chi connectivity index (χ0n) is 16.4. The monoisotopic (exact) mass is 357 g/mol. The maximum Gasteiger partial charge on any atom is 0.0267 e. The first-order valence-electron chi connectivity index (χ1n) is 10.1. The molecule has 3 aromatic rings. The molecule has 0 amide bonds. The van der Waals surface area contributed by atoms with Crippen molar-refractivity contribution in [3.05, 3.63) is 108 Å². The summed E-state index contributed by atoms with van der Waals surface area (Å²) in [6, 6.07) is 32.2. The van der Waals surface area contributed by atoms with E-state index >= 15 is 0 Å². The maximum atomic E-state index is 7.24. The molecule has 0 fully saturated rings. The predicted molar refractivity (Wildman–Crippen MR) is 116 cm³/mol. The molecule has 0 aromatic heterocycles. The fourth-order valence-corrected chi connectivity index (χ4v) is 4.14. The summed E-state index contributed by atoms with van der Waals surface area (Å²) >= 11 is 0. The van der Waals surface area contributed by atoms with Crippen molar-refractivity contribution in [1.82, 2.24) is 0 Å². The molecule has 1 unspecified atom stereocenters. The Balaban J connectivity index is 1.91. The minimum absolute atomic E-state index is 0.269. The van der Waals surface area contributed by atoms with Crippen molar-refractivity contribution in [2.75, 3.05) is 0 Å². The summed E-state index contributed by atoms with van der Waals surface area (Å²) in [5.41, 5.74) is 11.0. The molecule has 0 spiro atoms. The summed E-state index contributed by atoms with van der Waals surface area (Å²) in [5.74, 6) is 0.435. The topological polar surface area (TPSA) is 26.0 Å². The van der Waals surface area contributed by atoms with Crippen LogP contribution in [0.25, 0.3) is 0 Å². The molecule has 3 aromatic carbocycles. The SMILES string of the molecule is CCCC(Cc1ccccc1)C(N)(Cc1ccccc1)Cc1ccccc1. The van der Waals surface area contributed by atoms with Crippen molar-refractivity contribution in [1.29, 1.82) is 0 Å². The molecule has 0 aliphatic rings. The molecular weight excluding hydrogens is 326 g/mol. The lowest BCUT2D eigenvalue weighted by molar-refractivity contribution is 0.245. The fraction of sp³-hybridized carbons (Fsp3) is 0.308. The van der Waals surface area contributed by atoms with Crippen LogP contribution in [-0.4, -0.2) is 5.54 Å². The first-order valence-corrected chi connectivity index (χ1v) is 10.1. The summed E-state index contributed by atoms with van der Waals surface area (Å²) < 4.78 is 0. The Morgan fingerprint density at radius 2 is 1.07 bits per heavy atom. The third kappa shape index (κ3) is 5.55. The van der Waals surface area contributed by atoms with Crippen LogP contribution < -0.4 is 5.73 Å². The molecule has 0 saturated heterocycles. The highest BCUT2D eigenvalue weighted by atomic mass is 14.8. The highest BCUT2D eigenvalue weighted by Gasteiger charge is 2.34. The van der Waals surface area contributed by atoms with Crippen LogP contribution in [0, 0.1) is 5.92 Å². The smallest absolute Gasteiger partial charge is 0.0267 e. The van der Waals surface area contributed by atoms with Crippen LogP contribution in [0.1, 0.15) is 36.5 Å². The summed E-state index contributed by atoms with van der Waals surface area (Å²) in [4.78, 5) is 0. The lowest BCUT2D eigenvalue weighted by Gasteiger charge is -2.39. The van der Waals surface area contributed by atoms with Gasteiger partial charge in [0.15, 0.2) is 0 Å². The zero-order valence-corrected chi connectivity index (χ0v) is 16.4. The fourth-order valence-electron chi connectivity index (χ4n) is 4.14. The van der Waals surface area contributed by atoms with E-state index in [1.165, 1.54) is 16.7 Å². The standard InChI is InChI=1S/C26H31N/c1-2-12-25(19-22-13-6-3-7-14-22)26(27,20-23-15-8-4-9-16-23)21-24-17-10-5-11-18-24/h3-11,13-18,25H,2,12,19-21,27H2,1H3. The molecule has 0 heterocycles. The number of hydrogen-bond acceptors (Lipinski definition) is 1. The molecule has 3 rings (SSSR count). The highest BCUT2D eigenvalue weighted by molar-refractivity contribution is 5.25. The van der Waals surface area contributed by atoms with E-state index < -0.39 is 0 Å². The Morgan fingerprint density at radius 3 is 1.48 bits per heavy atom. The van der Waals surface area contributed by atoms with E-state index in [0.29, 0.717) is 5.92 Å². The van der Waals surface area contributed by atoms with Gasteiger partial charge in [0.2, 0.25) is 0 Å². The number of rotatable bonds is 9. The van der Waals surface area contributed by atoms with E-state index in [1.807, 2.05) is 0 Å². The van der Waals surface area contributed by atoms with Gasteiger partial charge in [-0.15, -0.1) is 0 Å². The van der Waals surface area contributed by atoms with Crippen molar-refractivity contribution in [3.8, 4) is 0 Å². The second kappa shape index (κ2) is 9.53. The van der Waals surface area contributed by atoms with Crippen LogP contribution in [0.3, 0.4) is 0 Å². The Hall–Kier alpha value is -2.38. The normalized spacial score (nSPS) is 12.7. The van der Waals surface area contributed by atoms with Gasteiger partial charge in [0.1, 0.15) is 0 Å². The minimum Gasteiger partial charge on any atom is -0.324 e. The van der Waals surface area contributed by atoms with Gasteiger partial charge >= 0.3 is 0 Å². The van der Waals surface area contributed by atoms with Gasteiger partial charge in [0.25, 0.3) is 0 Å². The average molecular weight is 358 g/mol. The van der Waals surface area contributed by atoms with Crippen LogP contribution >= 0.6 is 0 Å². The van der Waals surface area contributed by atoms with Gasteiger partial charge in [-0.25, -0.2) is 0 Å². The second-order valence-electron chi connectivity index (χ2n) is 7.73. The lowest BCUT2D eigenvalue weighted by atomic mass is 9.71. The number of hydrogen-bond donors (Lipinski definition) is 1. The van der Waals surface area contributed by atoms with E-state index in [-0.39, 0.29) is 5.54 Å². The summed E-state index contributed by atoms with van der Waals surface area (Å²) in [6.45, 7) is 2.27. The van der Waals surface area contributed by atoms with E-state index in [9.17, 15) is 0 Å². The van der Waals surface area contributed by atoms with Crippen LogP contribution in [0.5, 0.6) is 0 Å². The van der Waals surface area contributed by atoms with E-state index in [2.05, 4.69) is 97.9 Å². The molecular formula is C26H31N. The van der Waals surface area contributed by atoms with Gasteiger partial charge in [-0.1, -0.05) is 104 Å². The molecule has 2 N–H and O–H groups in total. The van der Waals surface area contributed by atoms with Crippen LogP contribution in [0.4, 0.5) is 0 Å². The summed E-state index contributed by atoms with van der Waals surface area (Å²) in [5, 5.41) is 0. The van der Waals surface area contributed by atoms with Crippen molar-refractivity contribution < 1.29 is 0 Å². The molecule has 140 valence electrons. The molecule has 0 aliphatic carbocycles. The number of nitrogens with two attached hydrogens (primary N) is 1. The zero-order chi connectivity index (χ0) is 19.0. The Kier molecular flexibility index (Phi) is 6.84. The summed E-state index contributed by atoms with van der Waals surface area (Å²) in [6.07, 6.45) is 5.14. The Bertz CT molecular complexity index is 739. The van der Waals surface area contributed by atoms with Crippen molar-refractivity contribution in [2.45, 2.75) is 44.6 Å². The van der Waals surface area contributed by atoms with Crippen molar-refractivity contribution in [3.63, 3.8) is 0 Å². The highest BCUT2D eigenvalue weighted by Crippen LogP contribution is 2.31. The van der Waals surface area contributed by atoms with Crippen molar-refractivity contribution >= 4 is 0 Å². The number of benzene rings is 3. The van der Waals surface area contributed by atoms with Gasteiger partial charge in [0.05, 0.1) is 0 Å². The van der Waals surface area contributed by atoms with Gasteiger partial charge in [-0.2, -0.15) is 0 Å². The van der Waals surface area contributed by atoms with Gasteiger partial charge < -0.3 is 5.73 Å². The Morgan fingerprint density at radius 1 is 0.667 bits per heavy atom. The van der Waals surface area contributed by atoms with Crippen LogP contribution in [0.2, 0.25) is 0 Å². The first-order chi connectivity index (χ1) is 13.2. The molecule has 0 saturated carbocycles. The van der Waals surface area contributed by atoms with Gasteiger partial charge in [0, 0.05) is 5.54 Å². The molecule has 27 heavy (non-hydrogen) atoms. The van der Waals surface area contributed by atoms with Gasteiger partial charge in [-0.3, -0.25) is 0 Å². The molecule has 1 nitrogen and oxygen atoms in total. The quantitative estimate of drug-likeness (QED) is 0.512. The molecule has 0 aliphatic heterocycles. The third-order valence-corrected chi connectivity index (χ3v) is 5.53. The van der Waals surface area contributed by atoms with Crippen LogP contribution in [-0.2, 0) is 19.3 Å². The van der Waals surface area contributed by atoms with E-state index in [4.69, 9.17) is 5.73 Å².